The summed E-state index contributed by atoms with van der Waals surface area (Å²) in [5.74, 6) is 5.77. The summed E-state index contributed by atoms with van der Waals surface area (Å²) in [4.78, 5) is 12.1. The van der Waals surface area contributed by atoms with Crippen molar-refractivity contribution in [3.8, 4) is 11.8 Å². The molecule has 2 heteroatoms. The highest BCUT2D eigenvalue weighted by Gasteiger charge is 1.98. The molecule has 0 saturated carbocycles. The summed E-state index contributed by atoms with van der Waals surface area (Å²) in [6.45, 7) is 0. The molecule has 0 bridgehead atoms. The van der Waals surface area contributed by atoms with Crippen LogP contribution in [0.1, 0.15) is 12.0 Å². The van der Waals surface area contributed by atoms with Crippen molar-refractivity contribution in [1.29, 1.82) is 0 Å². The molecule has 0 heterocycles. The van der Waals surface area contributed by atoms with Crippen molar-refractivity contribution >= 4 is 12.0 Å². The van der Waals surface area contributed by atoms with Crippen molar-refractivity contribution in [3.63, 3.8) is 0 Å². The Bertz CT molecular complexity index is 371. The molecule has 2 nitrogen and oxygen atoms in total. The van der Waals surface area contributed by atoms with Gasteiger partial charge in [-0.2, -0.15) is 0 Å². The van der Waals surface area contributed by atoms with Gasteiger partial charge in [-0.3, -0.25) is 0 Å². The minimum atomic E-state index is 0.293. The van der Waals surface area contributed by atoms with Gasteiger partial charge >= 0.3 is 0 Å². The predicted molar refractivity (Wildman–Crippen MR) is 58.3 cm³/mol. The van der Waals surface area contributed by atoms with Crippen molar-refractivity contribution in [1.82, 2.24) is 0 Å². The first kappa shape index (κ1) is 10.3. The number of hydrogen-bond donors (Lipinski definition) is 0. The van der Waals surface area contributed by atoms with E-state index in [1.54, 1.807) is 0 Å². The largest absolute Gasteiger partial charge is 0.377 e. The maximum atomic E-state index is 10.1. The third kappa shape index (κ3) is 2.63. The Morgan fingerprint density at radius 1 is 1.36 bits per heavy atom. The molecular weight excluding hydrogens is 174 g/mol. The Balaban J connectivity index is 2.97. The first-order valence-electron chi connectivity index (χ1n) is 4.44. The van der Waals surface area contributed by atoms with E-state index in [1.165, 1.54) is 0 Å². The van der Waals surface area contributed by atoms with E-state index in [4.69, 9.17) is 0 Å². The van der Waals surface area contributed by atoms with Gasteiger partial charge in [0.15, 0.2) is 0 Å². The molecule has 0 unspecified atom stereocenters. The average molecular weight is 187 g/mol. The molecule has 1 aromatic rings. The smallest absolute Gasteiger partial charge is 0.131 e. The number of benzene rings is 1. The van der Waals surface area contributed by atoms with Gasteiger partial charge in [0, 0.05) is 19.7 Å². The maximum Gasteiger partial charge on any atom is 0.131 e. The summed E-state index contributed by atoms with van der Waals surface area (Å²) in [5, 5.41) is 0. The molecule has 14 heavy (non-hydrogen) atoms. The van der Waals surface area contributed by atoms with E-state index in [1.807, 2.05) is 43.3 Å². The normalized spacial score (nSPS) is 8.71. The highest BCUT2D eigenvalue weighted by atomic mass is 16.1. The van der Waals surface area contributed by atoms with E-state index in [2.05, 4.69) is 11.8 Å². The van der Waals surface area contributed by atoms with E-state index in [9.17, 15) is 4.79 Å². The number of anilines is 1. The zero-order valence-electron chi connectivity index (χ0n) is 8.45. The zero-order valence-corrected chi connectivity index (χ0v) is 8.45. The molecule has 0 aliphatic rings. The van der Waals surface area contributed by atoms with Crippen LogP contribution in [0, 0.1) is 11.8 Å². The van der Waals surface area contributed by atoms with Gasteiger partial charge in [-0.25, -0.2) is 0 Å². The molecule has 0 atom stereocenters. The Hall–Kier alpha value is -1.75. The fraction of sp³-hybridized carbons (Fsp3) is 0.250. The first-order valence-corrected chi connectivity index (χ1v) is 4.44. The lowest BCUT2D eigenvalue weighted by molar-refractivity contribution is -0.107. The highest BCUT2D eigenvalue weighted by Crippen LogP contribution is 2.16. The lowest BCUT2D eigenvalue weighted by Gasteiger charge is -2.13. The van der Waals surface area contributed by atoms with Crippen molar-refractivity contribution < 1.29 is 4.79 Å². The molecule has 0 N–H and O–H groups in total. The van der Waals surface area contributed by atoms with Crippen molar-refractivity contribution in [2.45, 2.75) is 6.42 Å². The topological polar surface area (TPSA) is 20.3 Å². The summed E-state index contributed by atoms with van der Waals surface area (Å²) >= 11 is 0. The van der Waals surface area contributed by atoms with E-state index in [-0.39, 0.29) is 0 Å². The van der Waals surface area contributed by atoms with Crippen molar-refractivity contribution in [2.75, 3.05) is 19.0 Å². The van der Waals surface area contributed by atoms with Crippen molar-refractivity contribution in [3.05, 3.63) is 29.8 Å². The highest BCUT2D eigenvalue weighted by molar-refractivity contribution is 5.61. The van der Waals surface area contributed by atoms with Crippen LogP contribution in [0.5, 0.6) is 0 Å². The third-order valence-corrected chi connectivity index (χ3v) is 1.79. The molecule has 0 aliphatic heterocycles. The monoisotopic (exact) mass is 187 g/mol. The maximum absolute atomic E-state index is 10.1. The number of aldehydes is 1. The summed E-state index contributed by atoms with van der Waals surface area (Å²) in [5.41, 5.74) is 2.03. The van der Waals surface area contributed by atoms with E-state index < -0.39 is 0 Å². The predicted octanol–water partition coefficient (Wildman–Crippen LogP) is 1.69. The van der Waals surface area contributed by atoms with E-state index >= 15 is 0 Å². The molecule has 0 fully saturated rings. The van der Waals surface area contributed by atoms with E-state index in [0.717, 1.165) is 17.5 Å². The van der Waals surface area contributed by atoms with Gasteiger partial charge in [0.1, 0.15) is 6.29 Å². The van der Waals surface area contributed by atoms with Crippen LogP contribution in [0.3, 0.4) is 0 Å². The molecule has 0 saturated heterocycles. The molecule has 1 rings (SSSR count). The molecule has 0 spiro atoms. The van der Waals surface area contributed by atoms with Gasteiger partial charge in [0.25, 0.3) is 0 Å². The second kappa shape index (κ2) is 5.08. The minimum absolute atomic E-state index is 0.293. The molecule has 0 aliphatic carbocycles. The van der Waals surface area contributed by atoms with Crippen LogP contribution >= 0.6 is 0 Å². The van der Waals surface area contributed by atoms with Gasteiger partial charge in [-0.15, -0.1) is 0 Å². The van der Waals surface area contributed by atoms with Crippen molar-refractivity contribution in [2.24, 2.45) is 0 Å². The Kier molecular flexibility index (Phi) is 3.75. The number of carbonyl (C=O) groups is 1. The number of carbonyl (C=O) groups excluding carboxylic acids is 1. The fourth-order valence-electron chi connectivity index (χ4n) is 1.16. The molecule has 0 amide bonds. The fourth-order valence-corrected chi connectivity index (χ4v) is 1.16. The van der Waals surface area contributed by atoms with E-state index in [0.29, 0.717) is 6.42 Å². The third-order valence-electron chi connectivity index (χ3n) is 1.79. The Morgan fingerprint density at radius 3 is 2.71 bits per heavy atom. The minimum Gasteiger partial charge on any atom is -0.377 e. The van der Waals surface area contributed by atoms with Crippen LogP contribution in [0.25, 0.3) is 0 Å². The average Bonchev–Trinajstić information content (AvgIpc) is 2.19. The Morgan fingerprint density at radius 2 is 2.07 bits per heavy atom. The molecule has 0 aromatic heterocycles. The van der Waals surface area contributed by atoms with Crippen LogP contribution in [-0.4, -0.2) is 20.4 Å². The molecule has 72 valence electrons. The quantitative estimate of drug-likeness (QED) is 0.518. The Labute approximate surface area is 84.5 Å². The van der Waals surface area contributed by atoms with Gasteiger partial charge in [0.05, 0.1) is 12.1 Å². The van der Waals surface area contributed by atoms with Gasteiger partial charge < -0.3 is 9.69 Å². The summed E-state index contributed by atoms with van der Waals surface area (Å²) in [7, 11) is 3.94. The van der Waals surface area contributed by atoms with Crippen LogP contribution in [0.15, 0.2) is 24.3 Å². The van der Waals surface area contributed by atoms with Gasteiger partial charge in [-0.05, 0) is 12.1 Å². The van der Waals surface area contributed by atoms with Crippen LogP contribution in [0.4, 0.5) is 5.69 Å². The van der Waals surface area contributed by atoms with Gasteiger partial charge in [0.2, 0.25) is 0 Å². The first-order chi connectivity index (χ1) is 6.75. The summed E-state index contributed by atoms with van der Waals surface area (Å²) in [6, 6.07) is 7.87. The SMILES string of the molecule is CN(C)c1ccccc1C#CCC=O. The number of nitrogens with zero attached hydrogens (tertiary/aromatic N) is 1. The second-order valence-corrected chi connectivity index (χ2v) is 3.08. The summed E-state index contributed by atoms with van der Waals surface area (Å²) < 4.78 is 0. The second-order valence-electron chi connectivity index (χ2n) is 3.08. The van der Waals surface area contributed by atoms with Gasteiger partial charge in [-0.1, -0.05) is 24.0 Å². The zero-order chi connectivity index (χ0) is 10.4. The molecular formula is C12H13NO. The van der Waals surface area contributed by atoms with Crippen LogP contribution in [0.2, 0.25) is 0 Å². The number of hydrogen-bond acceptors (Lipinski definition) is 2. The lowest BCUT2D eigenvalue weighted by Crippen LogP contribution is -2.09. The molecule has 0 radical (unpaired) electrons. The molecule has 1 aromatic carbocycles. The summed E-state index contributed by atoms with van der Waals surface area (Å²) in [6.07, 6.45) is 1.10. The number of para-hydroxylation sites is 1. The lowest BCUT2D eigenvalue weighted by atomic mass is 10.1. The standard InChI is InChI=1S/C12H13NO/c1-13(2)12-9-4-3-7-11(12)8-5-6-10-14/h3-4,7,9-10H,6H2,1-2H3. The van der Waals surface area contributed by atoms with Crippen LogP contribution < -0.4 is 4.90 Å². The number of rotatable bonds is 2. The van der Waals surface area contributed by atoms with Crippen LogP contribution in [-0.2, 0) is 4.79 Å².